The second-order valence-electron chi connectivity index (χ2n) is 2.96. The average molecular weight is 182 g/mol. The molecule has 0 aliphatic heterocycles. The van der Waals surface area contributed by atoms with Gasteiger partial charge in [0.2, 0.25) is 0 Å². The van der Waals surface area contributed by atoms with Crippen molar-refractivity contribution in [1.29, 1.82) is 0 Å². The lowest BCUT2D eigenvalue weighted by atomic mass is 10.0. The molecule has 0 saturated heterocycles. The van der Waals surface area contributed by atoms with Crippen LogP contribution < -0.4 is 5.73 Å². The Morgan fingerprint density at radius 1 is 1.50 bits per heavy atom. The fourth-order valence-electron chi connectivity index (χ4n) is 1.14. The maximum absolute atomic E-state index is 5.94. The minimum absolute atomic E-state index is 0.684. The lowest BCUT2D eigenvalue weighted by Crippen LogP contribution is -1.91. The van der Waals surface area contributed by atoms with Crippen LogP contribution in [-0.4, -0.2) is 0 Å². The van der Waals surface area contributed by atoms with E-state index in [1.807, 2.05) is 19.9 Å². The van der Waals surface area contributed by atoms with E-state index in [-0.39, 0.29) is 0 Å². The number of hydrogen-bond acceptors (Lipinski definition) is 1. The van der Waals surface area contributed by atoms with Gasteiger partial charge in [0.15, 0.2) is 0 Å². The third-order valence-corrected chi connectivity index (χ3v) is 2.22. The van der Waals surface area contributed by atoms with Crippen LogP contribution in [0, 0.1) is 6.92 Å². The van der Waals surface area contributed by atoms with Crippen molar-refractivity contribution in [3.05, 3.63) is 34.9 Å². The molecule has 0 aromatic heterocycles. The monoisotopic (exact) mass is 181 g/mol. The third-order valence-electron chi connectivity index (χ3n) is 1.83. The number of rotatable bonds is 1. The number of hydrogen-bond donors (Lipinski definition) is 1. The molecule has 0 unspecified atom stereocenters. The molecule has 1 rings (SSSR count). The molecule has 12 heavy (non-hydrogen) atoms. The highest BCUT2D eigenvalue weighted by Crippen LogP contribution is 2.26. The van der Waals surface area contributed by atoms with Gasteiger partial charge in [0.05, 0.1) is 0 Å². The van der Waals surface area contributed by atoms with E-state index in [2.05, 4.69) is 6.58 Å². The van der Waals surface area contributed by atoms with Crippen LogP contribution in [0.5, 0.6) is 0 Å². The van der Waals surface area contributed by atoms with Crippen molar-refractivity contribution in [2.24, 2.45) is 0 Å². The Hall–Kier alpha value is -0.950. The largest absolute Gasteiger partial charge is 0.399 e. The second-order valence-corrected chi connectivity index (χ2v) is 3.36. The number of nitrogen functional groups attached to an aromatic ring is 1. The van der Waals surface area contributed by atoms with Crippen LogP contribution in [-0.2, 0) is 0 Å². The fraction of sp³-hybridized carbons (Fsp3) is 0.200. The highest BCUT2D eigenvalue weighted by molar-refractivity contribution is 6.31. The molecule has 0 heterocycles. The van der Waals surface area contributed by atoms with Crippen molar-refractivity contribution < 1.29 is 0 Å². The first-order valence-corrected chi connectivity index (χ1v) is 4.11. The molecule has 0 fully saturated rings. The summed E-state index contributed by atoms with van der Waals surface area (Å²) in [6.45, 7) is 7.76. The maximum atomic E-state index is 5.94. The molecule has 0 bridgehead atoms. The van der Waals surface area contributed by atoms with Gasteiger partial charge in [0.1, 0.15) is 0 Å². The lowest BCUT2D eigenvalue weighted by molar-refractivity contribution is 1.41. The maximum Gasteiger partial charge on any atom is 0.0461 e. The van der Waals surface area contributed by atoms with Gasteiger partial charge in [-0.2, -0.15) is 0 Å². The molecule has 0 aliphatic carbocycles. The molecule has 2 N–H and O–H groups in total. The predicted molar refractivity (Wildman–Crippen MR) is 55.3 cm³/mol. The quantitative estimate of drug-likeness (QED) is 0.662. The van der Waals surface area contributed by atoms with Crippen LogP contribution in [0.15, 0.2) is 18.7 Å². The molecule has 0 radical (unpaired) electrons. The van der Waals surface area contributed by atoms with E-state index in [9.17, 15) is 0 Å². The molecule has 1 nitrogen and oxygen atoms in total. The third kappa shape index (κ3) is 1.62. The molecule has 64 valence electrons. The van der Waals surface area contributed by atoms with E-state index in [4.69, 9.17) is 17.3 Å². The Balaban J connectivity index is 3.37. The molecule has 1 aromatic carbocycles. The summed E-state index contributed by atoms with van der Waals surface area (Å²) in [7, 11) is 0. The van der Waals surface area contributed by atoms with E-state index >= 15 is 0 Å². The minimum atomic E-state index is 0.684. The molecule has 0 saturated carbocycles. The first-order valence-electron chi connectivity index (χ1n) is 3.74. The standard InChI is InChI=1S/C10H12ClN/c1-6(2)9-4-8(12)5-10(11)7(9)3/h4-5H,1,12H2,2-3H3. The summed E-state index contributed by atoms with van der Waals surface area (Å²) >= 11 is 5.94. The summed E-state index contributed by atoms with van der Waals surface area (Å²) in [6, 6.07) is 3.65. The van der Waals surface area contributed by atoms with Crippen LogP contribution in [0.1, 0.15) is 18.1 Å². The molecular weight excluding hydrogens is 170 g/mol. The SMILES string of the molecule is C=C(C)c1cc(N)cc(Cl)c1C. The molecular formula is C10H12ClN. The van der Waals surface area contributed by atoms with E-state index in [0.717, 1.165) is 16.7 Å². The van der Waals surface area contributed by atoms with Gasteiger partial charge in [-0.15, -0.1) is 0 Å². The molecule has 0 aliphatic rings. The van der Waals surface area contributed by atoms with Gasteiger partial charge in [-0.25, -0.2) is 0 Å². The number of halogens is 1. The first-order chi connectivity index (χ1) is 5.52. The van der Waals surface area contributed by atoms with Crippen molar-refractivity contribution in [1.82, 2.24) is 0 Å². The minimum Gasteiger partial charge on any atom is -0.399 e. The van der Waals surface area contributed by atoms with Crippen molar-refractivity contribution in [2.45, 2.75) is 13.8 Å². The summed E-state index contributed by atoms with van der Waals surface area (Å²) in [5, 5.41) is 0.702. The summed E-state index contributed by atoms with van der Waals surface area (Å²) < 4.78 is 0. The Labute approximate surface area is 77.8 Å². The number of allylic oxidation sites excluding steroid dienone is 1. The highest BCUT2D eigenvalue weighted by atomic mass is 35.5. The van der Waals surface area contributed by atoms with Gasteiger partial charge < -0.3 is 5.73 Å². The van der Waals surface area contributed by atoms with Crippen LogP contribution in [0.4, 0.5) is 5.69 Å². The Kier molecular flexibility index (Phi) is 2.43. The van der Waals surface area contributed by atoms with Crippen molar-refractivity contribution in [3.8, 4) is 0 Å². The van der Waals surface area contributed by atoms with Gasteiger partial charge in [-0.3, -0.25) is 0 Å². The van der Waals surface area contributed by atoms with Gasteiger partial charge in [-0.1, -0.05) is 23.8 Å². The fourth-order valence-corrected chi connectivity index (χ4v) is 1.37. The first kappa shape index (κ1) is 9.14. The Morgan fingerprint density at radius 3 is 2.58 bits per heavy atom. The summed E-state index contributed by atoms with van der Waals surface area (Å²) in [5.41, 5.74) is 9.39. The summed E-state index contributed by atoms with van der Waals surface area (Å²) in [4.78, 5) is 0. The highest BCUT2D eigenvalue weighted by Gasteiger charge is 2.04. The van der Waals surface area contributed by atoms with Gasteiger partial charge in [0, 0.05) is 10.7 Å². The van der Waals surface area contributed by atoms with E-state index < -0.39 is 0 Å². The second kappa shape index (κ2) is 3.20. The van der Waals surface area contributed by atoms with Gasteiger partial charge >= 0.3 is 0 Å². The zero-order chi connectivity index (χ0) is 9.30. The van der Waals surface area contributed by atoms with Crippen LogP contribution in [0.2, 0.25) is 5.02 Å². The molecule has 0 atom stereocenters. The number of anilines is 1. The van der Waals surface area contributed by atoms with E-state index in [1.54, 1.807) is 6.07 Å². The number of benzene rings is 1. The summed E-state index contributed by atoms with van der Waals surface area (Å²) in [5.74, 6) is 0. The van der Waals surface area contributed by atoms with Crippen molar-refractivity contribution in [3.63, 3.8) is 0 Å². The molecule has 2 heteroatoms. The zero-order valence-electron chi connectivity index (χ0n) is 7.32. The van der Waals surface area contributed by atoms with Gasteiger partial charge in [0.25, 0.3) is 0 Å². The number of nitrogens with two attached hydrogens (primary N) is 1. The topological polar surface area (TPSA) is 26.0 Å². The smallest absolute Gasteiger partial charge is 0.0461 e. The predicted octanol–water partition coefficient (Wildman–Crippen LogP) is 3.26. The van der Waals surface area contributed by atoms with E-state index in [1.165, 1.54) is 0 Å². The Morgan fingerprint density at radius 2 is 2.08 bits per heavy atom. The molecule has 0 amide bonds. The average Bonchev–Trinajstić information content (AvgIpc) is 1.96. The van der Waals surface area contributed by atoms with Crippen LogP contribution >= 0.6 is 11.6 Å². The summed E-state index contributed by atoms with van der Waals surface area (Å²) in [6.07, 6.45) is 0. The van der Waals surface area contributed by atoms with Gasteiger partial charge in [-0.05, 0) is 37.1 Å². The lowest BCUT2D eigenvalue weighted by Gasteiger charge is -2.08. The zero-order valence-corrected chi connectivity index (χ0v) is 8.07. The van der Waals surface area contributed by atoms with Crippen molar-refractivity contribution >= 4 is 22.9 Å². The van der Waals surface area contributed by atoms with E-state index in [0.29, 0.717) is 10.7 Å². The Bertz CT molecular complexity index is 329. The normalized spacial score (nSPS) is 9.92. The molecule has 1 aromatic rings. The van der Waals surface area contributed by atoms with Crippen LogP contribution in [0.3, 0.4) is 0 Å². The van der Waals surface area contributed by atoms with Crippen LogP contribution in [0.25, 0.3) is 5.57 Å². The van der Waals surface area contributed by atoms with Crippen molar-refractivity contribution in [2.75, 3.05) is 5.73 Å². The molecule has 0 spiro atoms.